The molecule has 8 heteroatoms. The van der Waals surface area contributed by atoms with Crippen molar-refractivity contribution in [1.29, 1.82) is 0 Å². The molecule has 0 aromatic carbocycles. The molecule has 1 aliphatic heterocycles. The highest BCUT2D eigenvalue weighted by atomic mass is 16.2. The normalized spacial score (nSPS) is 20.7. The van der Waals surface area contributed by atoms with Crippen LogP contribution in [0.3, 0.4) is 0 Å². The Bertz CT molecular complexity index is 818. The average Bonchev–Trinajstić information content (AvgIpc) is 3.15. The van der Waals surface area contributed by atoms with Gasteiger partial charge in [-0.05, 0) is 25.3 Å². The first-order valence-corrected chi connectivity index (χ1v) is 8.43. The van der Waals surface area contributed by atoms with E-state index in [0.717, 1.165) is 26.1 Å². The van der Waals surface area contributed by atoms with Crippen LogP contribution in [0.15, 0.2) is 21.7 Å². The predicted molar refractivity (Wildman–Crippen MR) is 90.3 cm³/mol. The number of aromatic amines is 2. The lowest BCUT2D eigenvalue weighted by atomic mass is 10.2. The molecule has 3 N–H and O–H groups in total. The molecule has 1 saturated heterocycles. The Kier molecular flexibility index (Phi) is 3.76. The van der Waals surface area contributed by atoms with E-state index in [-0.39, 0.29) is 5.56 Å². The van der Waals surface area contributed by atoms with Gasteiger partial charge in [-0.3, -0.25) is 19.4 Å². The summed E-state index contributed by atoms with van der Waals surface area (Å²) in [4.78, 5) is 29.7. The van der Waals surface area contributed by atoms with Crippen molar-refractivity contribution in [3.05, 3.63) is 44.4 Å². The monoisotopic (exact) mass is 330 g/mol. The van der Waals surface area contributed by atoms with Crippen LogP contribution in [0.25, 0.3) is 0 Å². The largest absolute Gasteiger partial charge is 0.356 e. The van der Waals surface area contributed by atoms with Crippen molar-refractivity contribution < 1.29 is 0 Å². The quantitative estimate of drug-likeness (QED) is 0.719. The Hall–Kier alpha value is -2.35. The summed E-state index contributed by atoms with van der Waals surface area (Å²) in [5, 5.41) is 8.15. The molecule has 24 heavy (non-hydrogen) atoms. The number of hydrogen-bond acceptors (Lipinski definition) is 5. The number of aromatic nitrogens is 4. The lowest BCUT2D eigenvalue weighted by Gasteiger charge is -2.18. The number of nitrogens with zero attached hydrogens (tertiary/aromatic N) is 3. The average molecular weight is 330 g/mol. The van der Waals surface area contributed by atoms with E-state index in [0.29, 0.717) is 17.8 Å². The zero-order valence-electron chi connectivity index (χ0n) is 13.7. The molecule has 2 aliphatic rings. The summed E-state index contributed by atoms with van der Waals surface area (Å²) in [5.41, 5.74) is 1.58. The Morgan fingerprint density at radius 1 is 1.25 bits per heavy atom. The van der Waals surface area contributed by atoms with Crippen LogP contribution in [0, 0.1) is 0 Å². The van der Waals surface area contributed by atoms with Crippen molar-refractivity contribution in [1.82, 2.24) is 25.1 Å². The second kappa shape index (κ2) is 5.94. The van der Waals surface area contributed by atoms with Gasteiger partial charge in [0.25, 0.3) is 5.56 Å². The molecule has 4 rings (SSSR count). The van der Waals surface area contributed by atoms with Gasteiger partial charge in [0.05, 0.1) is 11.4 Å². The summed E-state index contributed by atoms with van der Waals surface area (Å²) >= 11 is 0. The predicted octanol–water partition coefficient (Wildman–Crippen LogP) is 0.0426. The number of anilines is 1. The van der Waals surface area contributed by atoms with Crippen molar-refractivity contribution in [3.63, 3.8) is 0 Å². The summed E-state index contributed by atoms with van der Waals surface area (Å²) in [5.74, 6) is 1.25. The highest BCUT2D eigenvalue weighted by molar-refractivity contribution is 5.38. The van der Waals surface area contributed by atoms with Crippen molar-refractivity contribution >= 4 is 5.82 Å². The molecule has 2 aromatic heterocycles. The van der Waals surface area contributed by atoms with Gasteiger partial charge in [-0.15, -0.1) is 0 Å². The third kappa shape index (κ3) is 3.14. The minimum Gasteiger partial charge on any atom is -0.356 e. The maximum atomic E-state index is 11.4. The van der Waals surface area contributed by atoms with E-state index in [1.165, 1.54) is 30.3 Å². The molecule has 1 saturated carbocycles. The van der Waals surface area contributed by atoms with Crippen molar-refractivity contribution in [2.24, 2.45) is 7.05 Å². The fourth-order valence-corrected chi connectivity index (χ4v) is 3.30. The Balaban J connectivity index is 1.37. The molecule has 0 radical (unpaired) electrons. The lowest BCUT2D eigenvalue weighted by molar-refractivity contribution is 0.530. The van der Waals surface area contributed by atoms with E-state index < -0.39 is 5.69 Å². The van der Waals surface area contributed by atoms with Gasteiger partial charge in [0, 0.05) is 44.7 Å². The van der Waals surface area contributed by atoms with Crippen LogP contribution in [0.2, 0.25) is 0 Å². The smallest absolute Gasteiger partial charge is 0.327 e. The maximum absolute atomic E-state index is 11.4. The standard InChI is InChI=1S/C16H22N6O2/c1-21-12(6-13(20-21)10-2-3-10)8-17-11-4-5-22(9-11)14-7-15(23)19-16(24)18-14/h6-7,10-11,17H,2-5,8-9H2,1H3,(H2,18,19,23,24)/t11-/m1/s1. The first kappa shape index (κ1) is 15.2. The Morgan fingerprint density at radius 2 is 2.08 bits per heavy atom. The SMILES string of the molecule is Cn1nc(C2CC2)cc1CN[C@@H]1CCN(c2cc(=O)[nH]c(=O)[nH]2)C1. The number of aryl methyl sites for hydroxylation is 1. The molecular formula is C16H22N6O2. The molecule has 8 nitrogen and oxygen atoms in total. The molecule has 0 bridgehead atoms. The Labute approximate surface area is 138 Å². The van der Waals surface area contributed by atoms with Crippen molar-refractivity contribution in [2.75, 3.05) is 18.0 Å². The van der Waals surface area contributed by atoms with Crippen LogP contribution in [0.4, 0.5) is 5.82 Å². The van der Waals surface area contributed by atoms with Gasteiger partial charge in [-0.1, -0.05) is 0 Å². The maximum Gasteiger partial charge on any atom is 0.327 e. The fourth-order valence-electron chi connectivity index (χ4n) is 3.30. The first-order valence-electron chi connectivity index (χ1n) is 8.43. The summed E-state index contributed by atoms with van der Waals surface area (Å²) in [7, 11) is 1.99. The van der Waals surface area contributed by atoms with Gasteiger partial charge in [0.2, 0.25) is 0 Å². The summed E-state index contributed by atoms with van der Waals surface area (Å²) in [6.07, 6.45) is 3.49. The zero-order chi connectivity index (χ0) is 16.7. The highest BCUT2D eigenvalue weighted by Gasteiger charge is 2.27. The van der Waals surface area contributed by atoms with E-state index in [9.17, 15) is 9.59 Å². The third-order valence-corrected chi connectivity index (χ3v) is 4.84. The van der Waals surface area contributed by atoms with Crippen LogP contribution in [-0.2, 0) is 13.6 Å². The molecule has 0 spiro atoms. The van der Waals surface area contributed by atoms with Crippen LogP contribution in [0.5, 0.6) is 0 Å². The van der Waals surface area contributed by atoms with Crippen LogP contribution < -0.4 is 21.5 Å². The molecule has 1 aliphatic carbocycles. The topological polar surface area (TPSA) is 98.8 Å². The third-order valence-electron chi connectivity index (χ3n) is 4.84. The van der Waals surface area contributed by atoms with Gasteiger partial charge in [0.15, 0.2) is 0 Å². The molecule has 0 unspecified atom stereocenters. The second-order valence-electron chi connectivity index (χ2n) is 6.74. The highest BCUT2D eigenvalue weighted by Crippen LogP contribution is 2.39. The van der Waals surface area contributed by atoms with Crippen LogP contribution in [0.1, 0.15) is 36.6 Å². The summed E-state index contributed by atoms with van der Waals surface area (Å²) in [6, 6.07) is 3.96. The van der Waals surface area contributed by atoms with E-state index in [2.05, 4.69) is 26.4 Å². The minimum atomic E-state index is -0.462. The molecule has 1 atom stereocenters. The summed E-state index contributed by atoms with van der Waals surface area (Å²) in [6.45, 7) is 2.36. The molecular weight excluding hydrogens is 308 g/mol. The fraction of sp³-hybridized carbons (Fsp3) is 0.562. The van der Waals surface area contributed by atoms with Gasteiger partial charge >= 0.3 is 5.69 Å². The zero-order valence-corrected chi connectivity index (χ0v) is 13.7. The number of hydrogen-bond donors (Lipinski definition) is 3. The second-order valence-corrected chi connectivity index (χ2v) is 6.74. The van der Waals surface area contributed by atoms with Crippen molar-refractivity contribution in [2.45, 2.75) is 37.8 Å². The van der Waals surface area contributed by atoms with Crippen LogP contribution >= 0.6 is 0 Å². The van der Waals surface area contributed by atoms with Crippen LogP contribution in [-0.4, -0.2) is 38.9 Å². The Morgan fingerprint density at radius 3 is 2.83 bits per heavy atom. The number of rotatable bonds is 5. The lowest BCUT2D eigenvalue weighted by Crippen LogP contribution is -2.34. The summed E-state index contributed by atoms with van der Waals surface area (Å²) < 4.78 is 1.96. The minimum absolute atomic E-state index is 0.326. The molecule has 0 amide bonds. The van der Waals surface area contributed by atoms with E-state index in [1.54, 1.807) is 0 Å². The van der Waals surface area contributed by atoms with Gasteiger partial charge < -0.3 is 10.2 Å². The van der Waals surface area contributed by atoms with E-state index in [1.807, 2.05) is 16.6 Å². The van der Waals surface area contributed by atoms with E-state index >= 15 is 0 Å². The van der Waals surface area contributed by atoms with Gasteiger partial charge in [0.1, 0.15) is 5.82 Å². The first-order chi connectivity index (χ1) is 11.6. The molecule has 128 valence electrons. The van der Waals surface area contributed by atoms with Crippen molar-refractivity contribution in [3.8, 4) is 0 Å². The number of H-pyrrole nitrogens is 2. The van der Waals surface area contributed by atoms with E-state index in [4.69, 9.17) is 0 Å². The molecule has 2 aromatic rings. The number of nitrogens with one attached hydrogen (secondary N) is 3. The molecule has 2 fully saturated rings. The van der Waals surface area contributed by atoms with Gasteiger partial charge in [-0.25, -0.2) is 4.79 Å². The molecule has 3 heterocycles. The van der Waals surface area contributed by atoms with Gasteiger partial charge in [-0.2, -0.15) is 5.10 Å².